The van der Waals surface area contributed by atoms with Crippen LogP contribution in [-0.4, -0.2) is 22.4 Å². The van der Waals surface area contributed by atoms with Gasteiger partial charge in [-0.15, -0.1) is 0 Å². The maximum Gasteiger partial charge on any atom is 0.0624 e. The first kappa shape index (κ1) is 12.6. The molecule has 1 unspecified atom stereocenters. The maximum atomic E-state index is 4.52. The van der Waals surface area contributed by atoms with Gasteiger partial charge >= 0.3 is 0 Å². The minimum absolute atomic E-state index is 0.746. The molecule has 0 aromatic carbocycles. The van der Waals surface area contributed by atoms with E-state index in [1.54, 1.807) is 0 Å². The van der Waals surface area contributed by atoms with Gasteiger partial charge in [-0.3, -0.25) is 4.68 Å². The van der Waals surface area contributed by atoms with Crippen molar-refractivity contribution in [1.82, 2.24) is 15.1 Å². The fourth-order valence-corrected chi connectivity index (χ4v) is 2.21. The Morgan fingerprint density at radius 3 is 2.76 bits per heavy atom. The Hall–Kier alpha value is -0.830. The highest BCUT2D eigenvalue weighted by molar-refractivity contribution is 5.11. The molecule has 0 spiro atoms. The zero-order valence-corrected chi connectivity index (χ0v) is 11.4. The zero-order valence-electron chi connectivity index (χ0n) is 11.4. The second-order valence-corrected chi connectivity index (χ2v) is 5.27. The third-order valence-electron chi connectivity index (χ3n) is 3.74. The highest BCUT2D eigenvalue weighted by Crippen LogP contribution is 2.20. The third-order valence-corrected chi connectivity index (χ3v) is 3.74. The van der Waals surface area contributed by atoms with Crippen LogP contribution in [-0.2, 0) is 19.9 Å². The summed E-state index contributed by atoms with van der Waals surface area (Å²) in [5.41, 5.74) is 2.60. The van der Waals surface area contributed by atoms with Crippen molar-refractivity contribution in [3.8, 4) is 0 Å². The minimum Gasteiger partial charge on any atom is -0.314 e. The van der Waals surface area contributed by atoms with Gasteiger partial charge in [0.05, 0.1) is 5.69 Å². The Balaban J connectivity index is 1.88. The van der Waals surface area contributed by atoms with Gasteiger partial charge in [-0.05, 0) is 44.2 Å². The van der Waals surface area contributed by atoms with Crippen LogP contribution < -0.4 is 5.32 Å². The fraction of sp³-hybridized carbons (Fsp3) is 0.786. The molecule has 17 heavy (non-hydrogen) atoms. The maximum absolute atomic E-state index is 4.52. The number of hydrogen-bond acceptors (Lipinski definition) is 2. The average Bonchev–Trinajstić information content (AvgIpc) is 3.09. The predicted octanol–water partition coefficient (Wildman–Crippen LogP) is 2.30. The summed E-state index contributed by atoms with van der Waals surface area (Å²) in [5, 5.41) is 8.16. The van der Waals surface area contributed by atoms with Gasteiger partial charge in [-0.25, -0.2) is 0 Å². The molecule has 1 aromatic rings. The first-order valence-electron chi connectivity index (χ1n) is 6.98. The lowest BCUT2D eigenvalue weighted by Gasteiger charge is -2.15. The van der Waals surface area contributed by atoms with E-state index in [-0.39, 0.29) is 0 Å². The third kappa shape index (κ3) is 3.56. The molecule has 3 heteroatoms. The molecule has 3 nitrogen and oxygen atoms in total. The van der Waals surface area contributed by atoms with Crippen molar-refractivity contribution in [2.24, 2.45) is 13.0 Å². The molecular weight excluding hydrogens is 210 g/mol. The largest absolute Gasteiger partial charge is 0.314 e. The van der Waals surface area contributed by atoms with Gasteiger partial charge < -0.3 is 5.32 Å². The van der Waals surface area contributed by atoms with Crippen LogP contribution in [0.25, 0.3) is 0 Å². The smallest absolute Gasteiger partial charge is 0.0624 e. The quantitative estimate of drug-likeness (QED) is 0.786. The van der Waals surface area contributed by atoms with E-state index in [1.165, 1.54) is 30.7 Å². The molecule has 1 aliphatic carbocycles. The number of aromatic nitrogens is 2. The molecule has 1 fully saturated rings. The fourth-order valence-electron chi connectivity index (χ4n) is 2.21. The molecule has 1 saturated carbocycles. The van der Waals surface area contributed by atoms with Crippen molar-refractivity contribution >= 4 is 0 Å². The summed E-state index contributed by atoms with van der Waals surface area (Å²) in [6, 6.07) is 3.08. The van der Waals surface area contributed by atoms with E-state index >= 15 is 0 Å². The Morgan fingerprint density at radius 1 is 1.47 bits per heavy atom. The number of nitrogens with one attached hydrogen (secondary N) is 1. The molecule has 1 aliphatic rings. The van der Waals surface area contributed by atoms with Crippen LogP contribution in [0.1, 0.15) is 44.5 Å². The number of aryl methyl sites for hydroxylation is 2. The van der Waals surface area contributed by atoms with Crippen LogP contribution in [0.3, 0.4) is 0 Å². The molecule has 0 saturated heterocycles. The van der Waals surface area contributed by atoms with E-state index in [1.807, 2.05) is 0 Å². The van der Waals surface area contributed by atoms with E-state index in [4.69, 9.17) is 0 Å². The Labute approximate surface area is 105 Å². The number of hydrogen-bond donors (Lipinski definition) is 1. The molecule has 0 aliphatic heterocycles. The van der Waals surface area contributed by atoms with Crippen LogP contribution in [0.2, 0.25) is 0 Å². The van der Waals surface area contributed by atoms with E-state index in [9.17, 15) is 0 Å². The monoisotopic (exact) mass is 235 g/mol. The Kier molecular flexibility index (Phi) is 4.21. The summed E-state index contributed by atoms with van der Waals surface area (Å²) in [4.78, 5) is 0. The normalized spacial score (nSPS) is 17.4. The highest BCUT2D eigenvalue weighted by atomic mass is 15.3. The van der Waals surface area contributed by atoms with Crippen LogP contribution in [0.4, 0.5) is 0 Å². The summed E-state index contributed by atoms with van der Waals surface area (Å²) in [7, 11) is 2.07. The molecule has 1 atom stereocenters. The Morgan fingerprint density at radius 2 is 2.24 bits per heavy atom. The van der Waals surface area contributed by atoms with Gasteiger partial charge in [-0.1, -0.05) is 20.3 Å². The van der Waals surface area contributed by atoms with Gasteiger partial charge in [0.25, 0.3) is 0 Å². The van der Waals surface area contributed by atoms with E-state index in [2.05, 4.69) is 42.1 Å². The molecule has 1 aromatic heterocycles. The number of nitrogens with zero attached hydrogens (tertiary/aromatic N) is 2. The molecule has 0 radical (unpaired) electrons. The topological polar surface area (TPSA) is 29.9 Å². The summed E-state index contributed by atoms with van der Waals surface area (Å²) in [6.07, 6.45) is 6.18. The second kappa shape index (κ2) is 5.67. The van der Waals surface area contributed by atoms with E-state index in [0.717, 1.165) is 31.3 Å². The summed E-state index contributed by atoms with van der Waals surface area (Å²) in [5.74, 6) is 0.746. The van der Waals surface area contributed by atoms with Crippen molar-refractivity contribution in [2.45, 2.75) is 52.0 Å². The average molecular weight is 235 g/mol. The van der Waals surface area contributed by atoms with Crippen molar-refractivity contribution in [3.63, 3.8) is 0 Å². The summed E-state index contributed by atoms with van der Waals surface area (Å²) in [6.45, 7) is 5.61. The van der Waals surface area contributed by atoms with Crippen molar-refractivity contribution < 1.29 is 0 Å². The highest BCUT2D eigenvalue weighted by Gasteiger charge is 2.21. The predicted molar refractivity (Wildman–Crippen MR) is 71.1 cm³/mol. The molecule has 2 rings (SSSR count). The van der Waals surface area contributed by atoms with E-state index < -0.39 is 0 Å². The lowest BCUT2D eigenvalue weighted by Crippen LogP contribution is -2.26. The molecule has 1 heterocycles. The molecule has 0 amide bonds. The van der Waals surface area contributed by atoms with Crippen molar-refractivity contribution in [2.75, 3.05) is 6.54 Å². The van der Waals surface area contributed by atoms with Gasteiger partial charge in [-0.2, -0.15) is 5.10 Å². The summed E-state index contributed by atoms with van der Waals surface area (Å²) >= 11 is 0. The summed E-state index contributed by atoms with van der Waals surface area (Å²) < 4.78 is 2.05. The molecular formula is C14H25N3. The van der Waals surface area contributed by atoms with Crippen LogP contribution in [0, 0.1) is 5.92 Å². The molecule has 1 N–H and O–H groups in total. The lowest BCUT2D eigenvalue weighted by atomic mass is 10.00. The first-order valence-corrected chi connectivity index (χ1v) is 6.98. The van der Waals surface area contributed by atoms with Crippen molar-refractivity contribution in [1.29, 1.82) is 0 Å². The van der Waals surface area contributed by atoms with Crippen LogP contribution >= 0.6 is 0 Å². The first-order chi connectivity index (χ1) is 8.22. The second-order valence-electron chi connectivity index (χ2n) is 5.27. The standard InChI is InChI=1S/C14H25N3/c1-4-11(10-15-13-6-7-13)8-14-9-12(5-2)16-17(14)3/h9,11,13,15H,4-8,10H2,1-3H3. The van der Waals surface area contributed by atoms with Crippen molar-refractivity contribution in [3.05, 3.63) is 17.5 Å². The lowest BCUT2D eigenvalue weighted by molar-refractivity contribution is 0.446. The minimum atomic E-state index is 0.746. The van der Waals surface area contributed by atoms with Gasteiger partial charge in [0.15, 0.2) is 0 Å². The van der Waals surface area contributed by atoms with Gasteiger partial charge in [0.1, 0.15) is 0 Å². The van der Waals surface area contributed by atoms with Gasteiger partial charge in [0, 0.05) is 18.8 Å². The van der Waals surface area contributed by atoms with Crippen LogP contribution in [0.5, 0.6) is 0 Å². The zero-order chi connectivity index (χ0) is 12.3. The SMILES string of the molecule is CCc1cc(CC(CC)CNC2CC2)n(C)n1. The van der Waals surface area contributed by atoms with Gasteiger partial charge in [0.2, 0.25) is 0 Å². The molecule has 96 valence electrons. The van der Waals surface area contributed by atoms with E-state index in [0.29, 0.717) is 0 Å². The Bertz CT molecular complexity index is 352. The van der Waals surface area contributed by atoms with Crippen LogP contribution in [0.15, 0.2) is 6.07 Å². The molecule has 0 bridgehead atoms. The number of rotatable bonds is 7.